The molecule has 6 heteroatoms. The monoisotopic (exact) mass is 246 g/mol. The second-order valence-electron chi connectivity index (χ2n) is 2.14. The van der Waals surface area contributed by atoms with E-state index in [1.54, 1.807) is 6.92 Å². The van der Waals surface area contributed by atoms with Crippen molar-refractivity contribution in [2.45, 2.75) is 6.92 Å². The molecule has 0 spiro atoms. The predicted molar refractivity (Wildman–Crippen MR) is 49.8 cm³/mol. The average molecular weight is 247 g/mol. The van der Waals surface area contributed by atoms with E-state index in [1.165, 1.54) is 12.3 Å². The van der Waals surface area contributed by atoms with E-state index < -0.39 is 4.92 Å². The minimum Gasteiger partial charge on any atom is -0.477 e. The Balaban J connectivity index is 3.10. The lowest BCUT2D eigenvalue weighted by Gasteiger charge is -2.03. The molecule has 0 aliphatic carbocycles. The second-order valence-corrected chi connectivity index (χ2v) is 2.93. The molecule has 0 saturated heterocycles. The van der Waals surface area contributed by atoms with Gasteiger partial charge in [0, 0.05) is 12.3 Å². The van der Waals surface area contributed by atoms with Gasteiger partial charge in [0.05, 0.1) is 11.5 Å². The summed E-state index contributed by atoms with van der Waals surface area (Å²) < 4.78 is 5.34. The highest BCUT2D eigenvalue weighted by Gasteiger charge is 2.16. The maximum Gasteiger partial charge on any atom is 0.290 e. The van der Waals surface area contributed by atoms with Crippen LogP contribution in [-0.4, -0.2) is 16.5 Å². The van der Waals surface area contributed by atoms with Crippen molar-refractivity contribution in [1.29, 1.82) is 0 Å². The number of hydrogen-bond donors (Lipinski definition) is 0. The van der Waals surface area contributed by atoms with Crippen molar-refractivity contribution in [3.05, 3.63) is 26.9 Å². The van der Waals surface area contributed by atoms with Gasteiger partial charge in [0.2, 0.25) is 5.88 Å². The number of hydrogen-bond acceptors (Lipinski definition) is 4. The average Bonchev–Trinajstić information content (AvgIpc) is 2.08. The Morgan fingerprint density at radius 3 is 3.00 bits per heavy atom. The molecule has 1 heterocycles. The van der Waals surface area contributed by atoms with Gasteiger partial charge in [-0.2, -0.15) is 0 Å². The molecule has 0 amide bonds. The van der Waals surface area contributed by atoms with E-state index in [9.17, 15) is 10.1 Å². The zero-order valence-corrected chi connectivity index (χ0v) is 8.44. The fourth-order valence-electron chi connectivity index (χ4n) is 0.793. The van der Waals surface area contributed by atoms with Crippen LogP contribution in [0.15, 0.2) is 16.7 Å². The van der Waals surface area contributed by atoms with Crippen molar-refractivity contribution < 1.29 is 9.66 Å². The van der Waals surface area contributed by atoms with E-state index in [0.29, 0.717) is 6.61 Å². The molecule has 1 rings (SSSR count). The Morgan fingerprint density at radius 2 is 2.46 bits per heavy atom. The summed E-state index contributed by atoms with van der Waals surface area (Å²) in [5.74, 6) is 0.247. The van der Waals surface area contributed by atoms with Gasteiger partial charge in [-0.15, -0.1) is 0 Å². The van der Waals surface area contributed by atoms with Gasteiger partial charge in [-0.25, -0.2) is 4.98 Å². The van der Waals surface area contributed by atoms with Crippen LogP contribution in [0.3, 0.4) is 0 Å². The van der Waals surface area contributed by atoms with Gasteiger partial charge in [0.1, 0.15) is 0 Å². The molecule has 0 fully saturated rings. The number of aromatic nitrogens is 1. The third kappa shape index (κ3) is 2.15. The van der Waals surface area contributed by atoms with Gasteiger partial charge >= 0.3 is 0 Å². The quantitative estimate of drug-likeness (QED) is 0.606. The van der Waals surface area contributed by atoms with Crippen LogP contribution in [0, 0.1) is 10.1 Å². The molecular weight excluding hydrogens is 240 g/mol. The Labute approximate surface area is 83.0 Å². The lowest BCUT2D eigenvalue weighted by Crippen LogP contribution is -1.97. The number of nitro groups is 1. The summed E-state index contributed by atoms with van der Waals surface area (Å²) in [6.45, 7) is 2.21. The van der Waals surface area contributed by atoms with Crippen molar-refractivity contribution in [3.63, 3.8) is 0 Å². The fraction of sp³-hybridized carbons (Fsp3) is 0.286. The van der Waals surface area contributed by atoms with E-state index >= 15 is 0 Å². The lowest BCUT2D eigenvalue weighted by molar-refractivity contribution is -0.385. The fourth-order valence-corrected chi connectivity index (χ4v) is 1.29. The van der Waals surface area contributed by atoms with Crippen molar-refractivity contribution in [3.8, 4) is 5.88 Å². The third-order valence-corrected chi connectivity index (χ3v) is 2.06. The standard InChI is InChI=1S/C7H7BrN2O3/c1-2-13-7-6(8)5(10(11)12)3-4-9-7/h3-4H,2H2,1H3. The van der Waals surface area contributed by atoms with E-state index in [1.807, 2.05) is 0 Å². The third-order valence-electron chi connectivity index (χ3n) is 1.31. The van der Waals surface area contributed by atoms with Gasteiger partial charge in [-0.3, -0.25) is 10.1 Å². The first-order chi connectivity index (χ1) is 6.16. The summed E-state index contributed by atoms with van der Waals surface area (Å²) in [6, 6.07) is 1.31. The second kappa shape index (κ2) is 4.18. The molecule has 0 aliphatic heterocycles. The Morgan fingerprint density at radius 1 is 1.77 bits per heavy atom. The van der Waals surface area contributed by atoms with Crippen LogP contribution in [-0.2, 0) is 0 Å². The van der Waals surface area contributed by atoms with Crippen LogP contribution in [0.25, 0.3) is 0 Å². The maximum absolute atomic E-state index is 10.5. The molecule has 0 aromatic carbocycles. The van der Waals surface area contributed by atoms with Crippen molar-refractivity contribution in [2.75, 3.05) is 6.61 Å². The summed E-state index contributed by atoms with van der Waals surface area (Å²) in [6.07, 6.45) is 1.34. The Kier molecular flexibility index (Phi) is 3.18. The van der Waals surface area contributed by atoms with Crippen LogP contribution < -0.4 is 4.74 Å². The van der Waals surface area contributed by atoms with Crippen LogP contribution in [0.4, 0.5) is 5.69 Å². The molecule has 13 heavy (non-hydrogen) atoms. The summed E-state index contributed by atoms with van der Waals surface area (Å²) in [7, 11) is 0. The molecule has 5 nitrogen and oxygen atoms in total. The highest BCUT2D eigenvalue weighted by Crippen LogP contribution is 2.31. The van der Waals surface area contributed by atoms with E-state index in [-0.39, 0.29) is 16.0 Å². The van der Waals surface area contributed by atoms with E-state index in [2.05, 4.69) is 20.9 Å². The number of halogens is 1. The minimum atomic E-state index is -0.492. The first-order valence-corrected chi connectivity index (χ1v) is 4.37. The molecule has 1 aromatic heterocycles. The largest absolute Gasteiger partial charge is 0.477 e. The number of pyridine rings is 1. The minimum absolute atomic E-state index is 0.0431. The van der Waals surface area contributed by atoms with Gasteiger partial charge in [-0.05, 0) is 22.9 Å². The van der Waals surface area contributed by atoms with Crippen LogP contribution >= 0.6 is 15.9 Å². The molecular formula is C7H7BrN2O3. The molecule has 0 saturated carbocycles. The van der Waals surface area contributed by atoms with Gasteiger partial charge < -0.3 is 4.74 Å². The predicted octanol–water partition coefficient (Wildman–Crippen LogP) is 2.15. The smallest absolute Gasteiger partial charge is 0.290 e. The summed E-state index contributed by atoms with van der Waals surface area (Å²) >= 11 is 3.05. The summed E-state index contributed by atoms with van der Waals surface area (Å²) in [5.41, 5.74) is -0.0431. The van der Waals surface area contributed by atoms with Gasteiger partial charge in [0.15, 0.2) is 4.47 Å². The molecule has 0 aliphatic rings. The zero-order chi connectivity index (χ0) is 9.84. The van der Waals surface area contributed by atoms with Crippen molar-refractivity contribution in [1.82, 2.24) is 4.98 Å². The molecule has 70 valence electrons. The first-order valence-electron chi connectivity index (χ1n) is 3.58. The van der Waals surface area contributed by atoms with E-state index in [0.717, 1.165) is 0 Å². The normalized spacial score (nSPS) is 9.69. The van der Waals surface area contributed by atoms with Crippen LogP contribution in [0.2, 0.25) is 0 Å². The molecule has 0 radical (unpaired) electrons. The Bertz CT molecular complexity index is 330. The highest BCUT2D eigenvalue weighted by atomic mass is 79.9. The first kappa shape index (κ1) is 9.91. The van der Waals surface area contributed by atoms with Crippen molar-refractivity contribution >= 4 is 21.6 Å². The van der Waals surface area contributed by atoms with Crippen LogP contribution in [0.5, 0.6) is 5.88 Å². The number of ether oxygens (including phenoxy) is 1. The van der Waals surface area contributed by atoms with Crippen molar-refractivity contribution in [2.24, 2.45) is 0 Å². The molecule has 1 aromatic rings. The zero-order valence-electron chi connectivity index (χ0n) is 6.86. The number of rotatable bonds is 3. The summed E-state index contributed by atoms with van der Waals surface area (Å²) in [4.78, 5) is 13.8. The molecule has 0 bridgehead atoms. The lowest BCUT2D eigenvalue weighted by atomic mass is 10.4. The Hall–Kier alpha value is -1.17. The summed E-state index contributed by atoms with van der Waals surface area (Å²) in [5, 5.41) is 10.5. The van der Waals surface area contributed by atoms with Crippen LogP contribution in [0.1, 0.15) is 6.92 Å². The molecule has 0 N–H and O–H groups in total. The molecule has 0 atom stereocenters. The van der Waals surface area contributed by atoms with Gasteiger partial charge in [0.25, 0.3) is 5.69 Å². The highest BCUT2D eigenvalue weighted by molar-refractivity contribution is 9.10. The molecule has 0 unspecified atom stereocenters. The maximum atomic E-state index is 10.5. The van der Waals surface area contributed by atoms with Gasteiger partial charge in [-0.1, -0.05) is 0 Å². The van der Waals surface area contributed by atoms with E-state index in [4.69, 9.17) is 4.74 Å². The number of nitrogens with zero attached hydrogens (tertiary/aromatic N) is 2. The topological polar surface area (TPSA) is 65.3 Å². The SMILES string of the molecule is CCOc1nccc([N+](=O)[O-])c1Br.